The van der Waals surface area contributed by atoms with Gasteiger partial charge in [0.2, 0.25) is 0 Å². The van der Waals surface area contributed by atoms with Gasteiger partial charge < -0.3 is 19.1 Å². The molecule has 5 nitrogen and oxygen atoms in total. The first-order valence-corrected chi connectivity index (χ1v) is 12.1. The summed E-state index contributed by atoms with van der Waals surface area (Å²) in [4.78, 5) is 14.9. The van der Waals surface area contributed by atoms with E-state index in [-0.39, 0.29) is 12.0 Å². The van der Waals surface area contributed by atoms with Crippen molar-refractivity contribution in [3.63, 3.8) is 0 Å². The predicted molar refractivity (Wildman–Crippen MR) is 125 cm³/mol. The van der Waals surface area contributed by atoms with Crippen LogP contribution in [-0.4, -0.2) is 36.7 Å². The van der Waals surface area contributed by atoms with Crippen molar-refractivity contribution in [3.05, 3.63) is 69.4 Å². The van der Waals surface area contributed by atoms with Crippen LogP contribution in [0.1, 0.15) is 24.0 Å². The Morgan fingerprint density at radius 2 is 2.12 bits per heavy atom. The zero-order valence-corrected chi connectivity index (χ0v) is 19.2. The number of rotatable bonds is 5. The molecule has 2 aromatic carbocycles. The van der Waals surface area contributed by atoms with E-state index in [1.54, 1.807) is 11.3 Å². The number of halogens is 1. The molecule has 0 radical (unpaired) electrons. The molecule has 0 saturated carbocycles. The molecule has 1 fully saturated rings. The highest BCUT2D eigenvalue weighted by molar-refractivity contribution is 7.07. The Labute approximate surface area is 196 Å². The third-order valence-corrected chi connectivity index (χ3v) is 6.72. The molecule has 0 bridgehead atoms. The summed E-state index contributed by atoms with van der Waals surface area (Å²) < 4.78 is 18.0. The maximum Gasteiger partial charge on any atom is 0.252 e. The highest BCUT2D eigenvalue weighted by Crippen LogP contribution is 2.39. The standard InChI is InChI=1S/C25H24ClNO4S/c26-21-4-1-3-18(12-21)19-11-20-14-27(25(28)22-5-2-8-29-22)7-9-30-24(20)23(13-19)31-15-17-6-10-32-16-17/h1,3-4,6,10-13,16,22H,2,5,7-9,14-15H2/t22-/m0/s1. The van der Waals surface area contributed by atoms with Gasteiger partial charge in [-0.15, -0.1) is 0 Å². The summed E-state index contributed by atoms with van der Waals surface area (Å²) in [6, 6.07) is 13.8. The summed E-state index contributed by atoms with van der Waals surface area (Å²) >= 11 is 7.89. The fourth-order valence-corrected chi connectivity index (χ4v) is 4.97. The van der Waals surface area contributed by atoms with Crippen LogP contribution in [0.25, 0.3) is 11.1 Å². The molecule has 1 saturated heterocycles. The van der Waals surface area contributed by atoms with Crippen LogP contribution in [0.2, 0.25) is 5.02 Å². The van der Waals surface area contributed by atoms with Crippen molar-refractivity contribution in [2.75, 3.05) is 19.8 Å². The molecule has 0 spiro atoms. The van der Waals surface area contributed by atoms with E-state index in [4.69, 9.17) is 25.8 Å². The van der Waals surface area contributed by atoms with Crippen molar-refractivity contribution in [2.45, 2.75) is 32.1 Å². The number of amides is 1. The smallest absolute Gasteiger partial charge is 0.252 e. The maximum atomic E-state index is 13.0. The molecule has 3 heterocycles. The average Bonchev–Trinajstić information content (AvgIpc) is 3.48. The molecule has 7 heteroatoms. The normalized spacial score (nSPS) is 18.0. The Morgan fingerprint density at radius 1 is 1.19 bits per heavy atom. The molecule has 3 aromatic rings. The lowest BCUT2D eigenvalue weighted by Crippen LogP contribution is -2.39. The molecular formula is C25H24ClNO4S. The van der Waals surface area contributed by atoms with E-state index in [0.717, 1.165) is 35.1 Å². The van der Waals surface area contributed by atoms with E-state index in [0.29, 0.717) is 49.4 Å². The molecule has 0 N–H and O–H groups in total. The summed E-state index contributed by atoms with van der Waals surface area (Å²) in [5.74, 6) is 1.41. The molecule has 1 atom stereocenters. The number of ether oxygens (including phenoxy) is 3. The van der Waals surface area contributed by atoms with Gasteiger partial charge in [-0.1, -0.05) is 23.7 Å². The van der Waals surface area contributed by atoms with Gasteiger partial charge >= 0.3 is 0 Å². The first-order chi connectivity index (χ1) is 15.7. The predicted octanol–water partition coefficient (Wildman–Crippen LogP) is 5.55. The van der Waals surface area contributed by atoms with Gasteiger partial charge in [0, 0.05) is 23.7 Å². The SMILES string of the molecule is O=C([C@@H]1CCCO1)N1CCOc2c(cc(-c3cccc(Cl)c3)cc2OCc2ccsc2)C1. The van der Waals surface area contributed by atoms with Crippen LogP contribution < -0.4 is 9.47 Å². The number of benzene rings is 2. The van der Waals surface area contributed by atoms with E-state index in [1.165, 1.54) is 0 Å². The van der Waals surface area contributed by atoms with Crippen molar-refractivity contribution >= 4 is 28.8 Å². The Bertz CT molecular complexity index is 1100. The third-order valence-electron chi connectivity index (χ3n) is 5.75. The van der Waals surface area contributed by atoms with Gasteiger partial charge in [-0.3, -0.25) is 4.79 Å². The molecule has 5 rings (SSSR count). The molecular weight excluding hydrogens is 446 g/mol. The maximum absolute atomic E-state index is 13.0. The number of hydrogen-bond acceptors (Lipinski definition) is 5. The number of nitrogens with zero attached hydrogens (tertiary/aromatic N) is 1. The monoisotopic (exact) mass is 469 g/mol. The topological polar surface area (TPSA) is 48.0 Å². The van der Waals surface area contributed by atoms with Crippen LogP contribution in [0.4, 0.5) is 0 Å². The van der Waals surface area contributed by atoms with Crippen molar-refractivity contribution < 1.29 is 19.0 Å². The van der Waals surface area contributed by atoms with Gasteiger partial charge in [0.05, 0.1) is 6.54 Å². The number of carbonyl (C=O) groups excluding carboxylic acids is 1. The number of thiophene rings is 1. The van der Waals surface area contributed by atoms with Crippen LogP contribution >= 0.6 is 22.9 Å². The minimum Gasteiger partial charge on any atom is -0.487 e. The molecule has 2 aliphatic heterocycles. The summed E-state index contributed by atoms with van der Waals surface area (Å²) in [6.07, 6.45) is 1.36. The highest BCUT2D eigenvalue weighted by Gasteiger charge is 2.31. The van der Waals surface area contributed by atoms with E-state index in [1.807, 2.05) is 46.7 Å². The fourth-order valence-electron chi connectivity index (χ4n) is 4.13. The molecule has 32 heavy (non-hydrogen) atoms. The lowest BCUT2D eigenvalue weighted by molar-refractivity contribution is -0.141. The molecule has 0 aliphatic carbocycles. The van der Waals surface area contributed by atoms with Gasteiger partial charge in [-0.05, 0) is 70.6 Å². The summed E-state index contributed by atoms with van der Waals surface area (Å²) in [7, 11) is 0. The Hall–Kier alpha value is -2.54. The van der Waals surface area contributed by atoms with E-state index in [9.17, 15) is 4.79 Å². The Morgan fingerprint density at radius 3 is 2.91 bits per heavy atom. The number of fused-ring (bicyclic) bond motifs is 1. The van der Waals surface area contributed by atoms with Crippen LogP contribution in [0, 0.1) is 0 Å². The van der Waals surface area contributed by atoms with E-state index < -0.39 is 0 Å². The molecule has 1 amide bonds. The van der Waals surface area contributed by atoms with Crippen molar-refractivity contribution in [1.82, 2.24) is 4.90 Å². The largest absolute Gasteiger partial charge is 0.487 e. The van der Waals surface area contributed by atoms with Crippen molar-refractivity contribution in [3.8, 4) is 22.6 Å². The first-order valence-electron chi connectivity index (χ1n) is 10.8. The van der Waals surface area contributed by atoms with Crippen molar-refractivity contribution in [2.24, 2.45) is 0 Å². The Balaban J connectivity index is 1.50. The molecule has 1 aromatic heterocycles. The van der Waals surface area contributed by atoms with E-state index in [2.05, 4.69) is 11.4 Å². The van der Waals surface area contributed by atoms with E-state index >= 15 is 0 Å². The lowest BCUT2D eigenvalue weighted by atomic mass is 10.0. The second kappa shape index (κ2) is 9.53. The van der Waals surface area contributed by atoms with Crippen LogP contribution in [-0.2, 0) is 22.7 Å². The van der Waals surface area contributed by atoms with Gasteiger partial charge in [0.1, 0.15) is 19.3 Å². The summed E-state index contributed by atoms with van der Waals surface area (Å²) in [6.45, 7) is 2.49. The number of carbonyl (C=O) groups is 1. The average molecular weight is 470 g/mol. The second-order valence-corrected chi connectivity index (χ2v) is 9.22. The van der Waals surface area contributed by atoms with Crippen LogP contribution in [0.3, 0.4) is 0 Å². The minimum atomic E-state index is -0.345. The quantitative estimate of drug-likeness (QED) is 0.491. The number of hydrogen-bond donors (Lipinski definition) is 0. The summed E-state index contributed by atoms with van der Waals surface area (Å²) in [5, 5.41) is 4.78. The minimum absolute atomic E-state index is 0.0350. The molecule has 2 aliphatic rings. The fraction of sp³-hybridized carbons (Fsp3) is 0.320. The summed E-state index contributed by atoms with van der Waals surface area (Å²) in [5.41, 5.74) is 4.00. The lowest BCUT2D eigenvalue weighted by Gasteiger charge is -2.23. The molecule has 166 valence electrons. The van der Waals surface area contributed by atoms with Gasteiger partial charge in [0.25, 0.3) is 5.91 Å². The first kappa shape index (κ1) is 21.3. The third kappa shape index (κ3) is 4.63. The van der Waals surface area contributed by atoms with Gasteiger partial charge in [0.15, 0.2) is 11.5 Å². The highest BCUT2D eigenvalue weighted by atomic mass is 35.5. The zero-order chi connectivity index (χ0) is 21.9. The van der Waals surface area contributed by atoms with Gasteiger partial charge in [-0.25, -0.2) is 0 Å². The second-order valence-electron chi connectivity index (χ2n) is 8.00. The van der Waals surface area contributed by atoms with Crippen LogP contribution in [0.15, 0.2) is 53.2 Å². The molecule has 0 unspecified atom stereocenters. The Kier molecular flexibility index (Phi) is 6.35. The zero-order valence-electron chi connectivity index (χ0n) is 17.6. The van der Waals surface area contributed by atoms with Crippen molar-refractivity contribution in [1.29, 1.82) is 0 Å². The van der Waals surface area contributed by atoms with Crippen LogP contribution in [0.5, 0.6) is 11.5 Å². The van der Waals surface area contributed by atoms with Gasteiger partial charge in [-0.2, -0.15) is 11.3 Å².